The largest absolute Gasteiger partial charge is 0.287 e. The molecule has 0 unspecified atom stereocenters. The summed E-state index contributed by atoms with van der Waals surface area (Å²) in [5.74, 6) is 0. The van der Waals surface area contributed by atoms with Crippen molar-refractivity contribution < 1.29 is 0 Å². The van der Waals surface area contributed by atoms with Crippen molar-refractivity contribution in [2.45, 2.75) is 0 Å². The normalized spacial score (nSPS) is 11.4. The minimum absolute atomic E-state index is 0.327. The zero-order chi connectivity index (χ0) is 12.2. The Morgan fingerprint density at radius 3 is 2.59 bits per heavy atom. The van der Waals surface area contributed by atoms with E-state index in [-0.39, 0.29) is 11.1 Å². The van der Waals surface area contributed by atoms with E-state index in [4.69, 9.17) is 0 Å². The van der Waals surface area contributed by atoms with Gasteiger partial charge >= 0.3 is 0 Å². The number of nitrogens with one attached hydrogen (secondary N) is 1. The summed E-state index contributed by atoms with van der Waals surface area (Å²) < 4.78 is 2.79. The molecule has 86 valence electrons. The third-order valence-corrected chi connectivity index (χ3v) is 6.74. The van der Waals surface area contributed by atoms with E-state index in [0.717, 1.165) is 19.0 Å². The predicted octanol–water partition coefficient (Wildman–Crippen LogP) is 3.69. The number of aromatic nitrogens is 1. The number of rotatable bonds is 0. The Balaban J connectivity index is 2.84. The van der Waals surface area contributed by atoms with Gasteiger partial charge in [-0.05, 0) is 43.3 Å². The number of hydrogen-bond donors (Lipinski definition) is 1. The molecule has 3 nitrogen and oxygen atoms in total. The molecule has 1 N–H and O–H groups in total. The van der Waals surface area contributed by atoms with Crippen molar-refractivity contribution in [3.63, 3.8) is 0 Å². The van der Waals surface area contributed by atoms with Gasteiger partial charge in [-0.2, -0.15) is 0 Å². The van der Waals surface area contributed by atoms with Crippen LogP contribution in [0.5, 0.6) is 0 Å². The third-order valence-electron chi connectivity index (χ3n) is 2.38. The molecule has 0 aliphatic heterocycles. The highest BCUT2D eigenvalue weighted by Crippen LogP contribution is 2.40. The van der Waals surface area contributed by atoms with Gasteiger partial charge in [-0.25, -0.2) is 0 Å². The zero-order valence-corrected chi connectivity index (χ0v) is 12.8. The van der Waals surface area contributed by atoms with Crippen molar-refractivity contribution in [1.29, 1.82) is 0 Å². The van der Waals surface area contributed by atoms with Crippen molar-refractivity contribution in [3.8, 4) is 0 Å². The molecule has 0 bridgehead atoms. The fourth-order valence-corrected chi connectivity index (χ4v) is 4.78. The molecule has 3 heterocycles. The summed E-state index contributed by atoms with van der Waals surface area (Å²) in [6.45, 7) is 0. The van der Waals surface area contributed by atoms with E-state index in [1.165, 1.54) is 22.7 Å². The average Bonchev–Trinajstić information content (AvgIpc) is 2.82. The van der Waals surface area contributed by atoms with Crippen LogP contribution in [-0.4, -0.2) is 4.98 Å². The minimum Gasteiger partial charge on any atom is -0.287 e. The molecule has 0 aliphatic carbocycles. The maximum Gasteiger partial charge on any atom is 0.268 e. The number of thiophene rings is 2. The second-order valence-corrected chi connectivity index (χ2v) is 7.39. The lowest BCUT2D eigenvalue weighted by Gasteiger charge is -1.86. The molecule has 17 heavy (non-hydrogen) atoms. The molecule has 0 saturated heterocycles. The van der Waals surface area contributed by atoms with E-state index in [0.29, 0.717) is 9.40 Å². The number of fused-ring (bicyclic) bond motifs is 3. The first-order valence-corrected chi connectivity index (χ1v) is 7.79. The first-order valence-electron chi connectivity index (χ1n) is 4.51. The number of aromatic amines is 1. The minimum atomic E-state index is -0.343. The van der Waals surface area contributed by atoms with Crippen LogP contribution in [0.15, 0.2) is 29.3 Å². The Hall–Kier alpha value is -0.500. The van der Waals surface area contributed by atoms with Crippen LogP contribution in [0.4, 0.5) is 0 Å². The van der Waals surface area contributed by atoms with Gasteiger partial charge in [-0.3, -0.25) is 14.6 Å². The molecular formula is C10H3Br2NO2S2. The molecule has 3 aromatic rings. The predicted molar refractivity (Wildman–Crippen MR) is 79.5 cm³/mol. The number of hydrogen-bond acceptors (Lipinski definition) is 4. The lowest BCUT2D eigenvalue weighted by atomic mass is 10.2. The fraction of sp³-hybridized carbons (Fsp3) is 0. The van der Waals surface area contributed by atoms with Crippen molar-refractivity contribution in [2.24, 2.45) is 0 Å². The van der Waals surface area contributed by atoms with Crippen molar-refractivity contribution in [3.05, 3.63) is 40.4 Å². The summed E-state index contributed by atoms with van der Waals surface area (Å²) >= 11 is 9.50. The van der Waals surface area contributed by atoms with Gasteiger partial charge in [0, 0.05) is 10.8 Å². The Morgan fingerprint density at radius 2 is 1.82 bits per heavy atom. The first kappa shape index (κ1) is 11.6. The molecule has 0 radical (unpaired) electrons. The second kappa shape index (κ2) is 4.01. The lowest BCUT2D eigenvalue weighted by molar-refractivity contribution is 1.24. The summed E-state index contributed by atoms with van der Waals surface area (Å²) in [4.78, 5) is 26.1. The van der Waals surface area contributed by atoms with Crippen LogP contribution in [0.2, 0.25) is 0 Å². The molecule has 7 heteroatoms. The molecule has 0 spiro atoms. The van der Waals surface area contributed by atoms with E-state index >= 15 is 0 Å². The SMILES string of the molecule is O=c1[nH]c(=O)c2sc(Br)c(Br)c2c2ccsc12. The first-order chi connectivity index (χ1) is 8.09. The lowest BCUT2D eigenvalue weighted by Crippen LogP contribution is -2.12. The topological polar surface area (TPSA) is 49.9 Å². The van der Waals surface area contributed by atoms with Crippen molar-refractivity contribution in [1.82, 2.24) is 4.98 Å². The Kier molecular flexibility index (Phi) is 2.73. The molecule has 0 saturated carbocycles. The van der Waals surface area contributed by atoms with Crippen molar-refractivity contribution >= 4 is 74.7 Å². The molecule has 0 atom stereocenters. The van der Waals surface area contributed by atoms with Gasteiger partial charge in [-0.1, -0.05) is 0 Å². The van der Waals surface area contributed by atoms with Crippen LogP contribution in [0.25, 0.3) is 20.2 Å². The zero-order valence-electron chi connectivity index (χ0n) is 8.04. The fourth-order valence-electron chi connectivity index (χ4n) is 1.68. The summed E-state index contributed by atoms with van der Waals surface area (Å²) in [5, 5.41) is 3.45. The monoisotopic (exact) mass is 391 g/mol. The second-order valence-electron chi connectivity index (χ2n) is 3.34. The van der Waals surface area contributed by atoms with Gasteiger partial charge in [0.25, 0.3) is 11.1 Å². The highest BCUT2D eigenvalue weighted by atomic mass is 79.9. The summed E-state index contributed by atoms with van der Waals surface area (Å²) in [5.41, 5.74) is -0.670. The van der Waals surface area contributed by atoms with Crippen LogP contribution in [0, 0.1) is 0 Å². The van der Waals surface area contributed by atoms with Crippen LogP contribution in [0.1, 0.15) is 0 Å². The van der Waals surface area contributed by atoms with E-state index in [9.17, 15) is 9.59 Å². The third kappa shape index (κ3) is 1.64. The van der Waals surface area contributed by atoms with Crippen molar-refractivity contribution in [2.75, 3.05) is 0 Å². The average molecular weight is 393 g/mol. The highest BCUT2D eigenvalue weighted by Gasteiger charge is 2.14. The number of H-pyrrole nitrogens is 1. The van der Waals surface area contributed by atoms with E-state index in [2.05, 4.69) is 36.8 Å². The summed E-state index contributed by atoms with van der Waals surface area (Å²) in [6, 6.07) is 1.86. The molecule has 0 fully saturated rings. The van der Waals surface area contributed by atoms with Crippen LogP contribution < -0.4 is 11.1 Å². The van der Waals surface area contributed by atoms with Crippen LogP contribution >= 0.6 is 54.5 Å². The van der Waals surface area contributed by atoms with E-state index < -0.39 is 0 Å². The van der Waals surface area contributed by atoms with Gasteiger partial charge in [0.05, 0.1) is 8.26 Å². The quantitative estimate of drug-likeness (QED) is 0.634. The molecular weight excluding hydrogens is 390 g/mol. The molecule has 3 rings (SSSR count). The maximum atomic E-state index is 11.9. The van der Waals surface area contributed by atoms with Crippen LogP contribution in [0.3, 0.4) is 0 Å². The highest BCUT2D eigenvalue weighted by molar-refractivity contribution is 9.13. The smallest absolute Gasteiger partial charge is 0.268 e. The van der Waals surface area contributed by atoms with Crippen LogP contribution in [-0.2, 0) is 0 Å². The Labute approximate surface area is 119 Å². The Morgan fingerprint density at radius 1 is 1.12 bits per heavy atom. The number of halogens is 2. The molecule has 3 aromatic heterocycles. The molecule has 0 amide bonds. The summed E-state index contributed by atoms with van der Waals surface area (Å²) in [7, 11) is 0. The Bertz CT molecular complexity index is 862. The van der Waals surface area contributed by atoms with Gasteiger partial charge in [0.1, 0.15) is 9.40 Å². The molecule has 0 aliphatic rings. The van der Waals surface area contributed by atoms with Gasteiger partial charge < -0.3 is 0 Å². The van der Waals surface area contributed by atoms with Gasteiger partial charge in [-0.15, -0.1) is 22.7 Å². The van der Waals surface area contributed by atoms with E-state index in [1.807, 2.05) is 11.4 Å². The maximum absolute atomic E-state index is 11.9. The van der Waals surface area contributed by atoms with Gasteiger partial charge in [0.15, 0.2) is 0 Å². The summed E-state index contributed by atoms with van der Waals surface area (Å²) in [6.07, 6.45) is 0. The van der Waals surface area contributed by atoms with Gasteiger partial charge in [0.2, 0.25) is 0 Å². The standard InChI is InChI=1S/C10H3Br2NO2S2/c11-5-4-3-1-2-16-6(3)9(14)13-10(15)7(4)17-8(5)12/h1-2H,(H,13,14,15). The molecule has 0 aromatic carbocycles. The van der Waals surface area contributed by atoms with E-state index in [1.54, 1.807) is 0 Å².